The summed E-state index contributed by atoms with van der Waals surface area (Å²) in [5.41, 5.74) is 7.60. The fraction of sp³-hybridized carbons (Fsp3) is 0.500. The Bertz CT molecular complexity index is 533. The van der Waals surface area contributed by atoms with Gasteiger partial charge in [0.2, 0.25) is 0 Å². The average molecular weight is 231 g/mol. The Kier molecular flexibility index (Phi) is 2.57. The van der Waals surface area contributed by atoms with E-state index in [1.165, 1.54) is 6.42 Å². The number of hydrogen-bond donors (Lipinski definition) is 1. The van der Waals surface area contributed by atoms with Crippen molar-refractivity contribution in [1.82, 2.24) is 19.5 Å². The Hall–Kier alpha value is -1.46. The molecule has 3 heterocycles. The summed E-state index contributed by atoms with van der Waals surface area (Å²) in [5.74, 6) is 0.922. The molecule has 0 aromatic carbocycles. The smallest absolute Gasteiger partial charge is 0.168 e. The lowest BCUT2D eigenvalue weighted by atomic mass is 10.2. The van der Waals surface area contributed by atoms with Crippen molar-refractivity contribution in [1.29, 1.82) is 0 Å². The summed E-state index contributed by atoms with van der Waals surface area (Å²) in [6.45, 7) is 1.62. The summed E-state index contributed by atoms with van der Waals surface area (Å²) in [5, 5.41) is 4.60. The van der Waals surface area contributed by atoms with Crippen LogP contribution in [0.3, 0.4) is 0 Å². The average Bonchev–Trinajstić information content (AvgIpc) is 2.93. The highest BCUT2D eigenvalue weighted by atomic mass is 15.3. The molecule has 0 saturated carbocycles. The maximum absolute atomic E-state index is 5.71. The van der Waals surface area contributed by atoms with Gasteiger partial charge in [0, 0.05) is 6.54 Å². The second-order valence-electron chi connectivity index (χ2n) is 4.60. The zero-order valence-electron chi connectivity index (χ0n) is 10.0. The van der Waals surface area contributed by atoms with Gasteiger partial charge in [-0.3, -0.25) is 4.90 Å². The second-order valence-corrected chi connectivity index (χ2v) is 4.60. The van der Waals surface area contributed by atoms with Gasteiger partial charge in [0.1, 0.15) is 0 Å². The molecule has 3 rings (SSSR count). The highest BCUT2D eigenvalue weighted by Gasteiger charge is 2.26. The number of nitrogens with two attached hydrogens (primary N) is 1. The number of pyridine rings is 1. The topological polar surface area (TPSA) is 59.5 Å². The minimum absolute atomic E-state index is 0.362. The standard InChI is InChI=1S/C12H17N5/c1-16-7-3-5-10(16)12-14-11-6-2-4-9(8-13)17(11)15-12/h2,4,6,10H,3,5,7-8,13H2,1H3. The molecule has 2 aromatic rings. The maximum Gasteiger partial charge on any atom is 0.168 e. The van der Waals surface area contributed by atoms with Crippen LogP contribution in [0.1, 0.15) is 30.4 Å². The van der Waals surface area contributed by atoms with Crippen LogP contribution in [-0.4, -0.2) is 33.1 Å². The van der Waals surface area contributed by atoms with E-state index in [0.717, 1.165) is 30.1 Å². The largest absolute Gasteiger partial charge is 0.325 e. The van der Waals surface area contributed by atoms with Crippen molar-refractivity contribution in [3.05, 3.63) is 29.7 Å². The molecule has 0 aliphatic carbocycles. The zero-order chi connectivity index (χ0) is 11.8. The van der Waals surface area contributed by atoms with Crippen LogP contribution in [0.5, 0.6) is 0 Å². The van der Waals surface area contributed by atoms with Crippen LogP contribution in [0, 0.1) is 0 Å². The number of aromatic nitrogens is 3. The van der Waals surface area contributed by atoms with Gasteiger partial charge in [-0.25, -0.2) is 9.50 Å². The quantitative estimate of drug-likeness (QED) is 0.836. The van der Waals surface area contributed by atoms with Crippen molar-refractivity contribution < 1.29 is 0 Å². The molecule has 1 aliphatic rings. The molecule has 0 bridgehead atoms. The van der Waals surface area contributed by atoms with Gasteiger partial charge in [-0.2, -0.15) is 0 Å². The van der Waals surface area contributed by atoms with E-state index in [-0.39, 0.29) is 0 Å². The summed E-state index contributed by atoms with van der Waals surface area (Å²) < 4.78 is 1.86. The normalized spacial score (nSPS) is 21.4. The van der Waals surface area contributed by atoms with Crippen LogP contribution in [-0.2, 0) is 6.54 Å². The van der Waals surface area contributed by atoms with Gasteiger partial charge in [-0.1, -0.05) is 6.07 Å². The third-order valence-electron chi connectivity index (χ3n) is 3.48. The van der Waals surface area contributed by atoms with E-state index in [1.54, 1.807) is 0 Å². The molecule has 0 spiro atoms. The highest BCUT2D eigenvalue weighted by Crippen LogP contribution is 2.28. The van der Waals surface area contributed by atoms with Crippen molar-refractivity contribution >= 4 is 5.65 Å². The maximum atomic E-state index is 5.71. The second kappa shape index (κ2) is 4.09. The van der Waals surface area contributed by atoms with Crippen molar-refractivity contribution in [2.24, 2.45) is 5.73 Å². The summed E-state index contributed by atoms with van der Waals surface area (Å²) in [7, 11) is 2.13. The van der Waals surface area contributed by atoms with Crippen molar-refractivity contribution in [3.8, 4) is 0 Å². The third-order valence-corrected chi connectivity index (χ3v) is 3.48. The van der Waals surface area contributed by atoms with E-state index in [2.05, 4.69) is 22.0 Å². The Morgan fingerprint density at radius 1 is 1.47 bits per heavy atom. The lowest BCUT2D eigenvalue weighted by Gasteiger charge is -2.15. The summed E-state index contributed by atoms with van der Waals surface area (Å²) >= 11 is 0. The number of rotatable bonds is 2. The van der Waals surface area contributed by atoms with Gasteiger partial charge in [-0.05, 0) is 38.6 Å². The van der Waals surface area contributed by atoms with E-state index in [9.17, 15) is 0 Å². The van der Waals surface area contributed by atoms with Gasteiger partial charge >= 0.3 is 0 Å². The fourth-order valence-electron chi connectivity index (χ4n) is 2.51. The molecule has 1 fully saturated rings. The van der Waals surface area contributed by atoms with Crippen LogP contribution >= 0.6 is 0 Å². The number of hydrogen-bond acceptors (Lipinski definition) is 4. The van der Waals surface area contributed by atoms with Crippen molar-refractivity contribution in [2.75, 3.05) is 13.6 Å². The molecule has 0 radical (unpaired) electrons. The summed E-state index contributed by atoms with van der Waals surface area (Å²) in [4.78, 5) is 6.92. The predicted molar refractivity (Wildman–Crippen MR) is 65.5 cm³/mol. The molecular formula is C12H17N5. The molecule has 1 aliphatic heterocycles. The van der Waals surface area contributed by atoms with E-state index in [1.807, 2.05) is 22.7 Å². The molecule has 1 unspecified atom stereocenters. The van der Waals surface area contributed by atoms with E-state index >= 15 is 0 Å². The number of likely N-dealkylation sites (tertiary alicyclic amines) is 1. The molecule has 1 saturated heterocycles. The Balaban J connectivity index is 2.07. The molecule has 17 heavy (non-hydrogen) atoms. The van der Waals surface area contributed by atoms with Crippen LogP contribution < -0.4 is 5.73 Å². The predicted octanol–water partition coefficient (Wildman–Crippen LogP) is 0.955. The van der Waals surface area contributed by atoms with Crippen LogP contribution in [0.4, 0.5) is 0 Å². The Labute approximate surface area is 100 Å². The fourth-order valence-corrected chi connectivity index (χ4v) is 2.51. The van der Waals surface area contributed by atoms with Crippen molar-refractivity contribution in [2.45, 2.75) is 25.4 Å². The molecule has 90 valence electrons. The zero-order valence-corrected chi connectivity index (χ0v) is 10.0. The SMILES string of the molecule is CN1CCCC1c1nc2cccc(CN)n2n1. The lowest BCUT2D eigenvalue weighted by Crippen LogP contribution is -2.18. The van der Waals surface area contributed by atoms with Gasteiger partial charge < -0.3 is 5.73 Å². The first-order valence-corrected chi connectivity index (χ1v) is 6.04. The summed E-state index contributed by atoms with van der Waals surface area (Å²) in [6.07, 6.45) is 2.37. The Morgan fingerprint density at radius 3 is 3.06 bits per heavy atom. The van der Waals surface area contributed by atoms with E-state index in [0.29, 0.717) is 12.6 Å². The molecule has 1 atom stereocenters. The molecule has 5 nitrogen and oxygen atoms in total. The number of nitrogens with zero attached hydrogens (tertiary/aromatic N) is 4. The van der Waals surface area contributed by atoms with Gasteiger partial charge in [0.15, 0.2) is 11.5 Å². The highest BCUT2D eigenvalue weighted by molar-refractivity contribution is 5.39. The van der Waals surface area contributed by atoms with Crippen LogP contribution in [0.25, 0.3) is 5.65 Å². The van der Waals surface area contributed by atoms with Crippen LogP contribution in [0.15, 0.2) is 18.2 Å². The van der Waals surface area contributed by atoms with E-state index < -0.39 is 0 Å². The monoisotopic (exact) mass is 231 g/mol. The molecular weight excluding hydrogens is 214 g/mol. The van der Waals surface area contributed by atoms with Gasteiger partial charge in [0.05, 0.1) is 11.7 Å². The molecule has 0 amide bonds. The van der Waals surface area contributed by atoms with Crippen molar-refractivity contribution in [3.63, 3.8) is 0 Å². The number of fused-ring (bicyclic) bond motifs is 1. The Morgan fingerprint density at radius 2 is 2.35 bits per heavy atom. The van der Waals surface area contributed by atoms with E-state index in [4.69, 9.17) is 5.73 Å². The molecule has 2 N–H and O–H groups in total. The van der Waals surface area contributed by atoms with Crippen LogP contribution in [0.2, 0.25) is 0 Å². The third kappa shape index (κ3) is 1.71. The summed E-state index contributed by atoms with van der Waals surface area (Å²) in [6, 6.07) is 6.31. The first-order valence-electron chi connectivity index (χ1n) is 6.04. The first-order chi connectivity index (χ1) is 8.29. The van der Waals surface area contributed by atoms with Gasteiger partial charge in [-0.15, -0.1) is 5.10 Å². The molecule has 5 heteroatoms. The molecule has 2 aromatic heterocycles. The first kappa shape index (κ1) is 10.7. The minimum atomic E-state index is 0.362. The lowest BCUT2D eigenvalue weighted by molar-refractivity contribution is 0.306. The minimum Gasteiger partial charge on any atom is -0.325 e. The van der Waals surface area contributed by atoms with Gasteiger partial charge in [0.25, 0.3) is 0 Å².